The molecule has 29 heavy (non-hydrogen) atoms. The fourth-order valence-electron chi connectivity index (χ4n) is 3.86. The average Bonchev–Trinajstić information content (AvgIpc) is 2.72. The molecule has 0 bridgehead atoms. The lowest BCUT2D eigenvalue weighted by atomic mass is 9.99. The standard InChI is InChI=1S/C25H34N2O2/c1-18(2)21-9-13-24(14-10-21)29-17-25(28)26-20(4)22-7-11-23(12-8-22)27-15-5-6-19(3)16-27/h7-14,18-20H,5-6,15-17H2,1-4H3,(H,26,28)/t19-,20+/m1/s1. The molecule has 0 aliphatic carbocycles. The van der Waals surface area contributed by atoms with E-state index in [1.807, 2.05) is 31.2 Å². The quantitative estimate of drug-likeness (QED) is 0.693. The molecule has 0 radical (unpaired) electrons. The van der Waals surface area contributed by atoms with Gasteiger partial charge in [0, 0.05) is 18.8 Å². The van der Waals surface area contributed by atoms with Crippen LogP contribution in [0.25, 0.3) is 0 Å². The molecular weight excluding hydrogens is 360 g/mol. The Morgan fingerprint density at radius 1 is 1.07 bits per heavy atom. The number of nitrogens with one attached hydrogen (secondary N) is 1. The van der Waals surface area contributed by atoms with Gasteiger partial charge in [0.05, 0.1) is 6.04 Å². The lowest BCUT2D eigenvalue weighted by Gasteiger charge is -2.33. The third kappa shape index (κ3) is 5.99. The minimum absolute atomic E-state index is 0.0229. The highest BCUT2D eigenvalue weighted by atomic mass is 16.5. The highest BCUT2D eigenvalue weighted by molar-refractivity contribution is 5.78. The number of amides is 1. The van der Waals surface area contributed by atoms with E-state index in [2.05, 4.69) is 55.3 Å². The van der Waals surface area contributed by atoms with Gasteiger partial charge >= 0.3 is 0 Å². The summed E-state index contributed by atoms with van der Waals surface area (Å²) < 4.78 is 5.63. The Kier molecular flexibility index (Phi) is 7.18. The highest BCUT2D eigenvalue weighted by Crippen LogP contribution is 2.24. The van der Waals surface area contributed by atoms with E-state index in [1.54, 1.807) is 0 Å². The Labute approximate surface area is 175 Å². The third-order valence-electron chi connectivity index (χ3n) is 5.71. The Hall–Kier alpha value is -2.49. The maximum absolute atomic E-state index is 12.3. The minimum atomic E-state index is -0.112. The summed E-state index contributed by atoms with van der Waals surface area (Å²) in [6.45, 7) is 10.9. The zero-order valence-electron chi connectivity index (χ0n) is 18.2. The van der Waals surface area contributed by atoms with Gasteiger partial charge in [-0.1, -0.05) is 45.0 Å². The Morgan fingerprint density at radius 3 is 2.34 bits per heavy atom. The van der Waals surface area contributed by atoms with E-state index < -0.39 is 0 Å². The summed E-state index contributed by atoms with van der Waals surface area (Å²) in [5, 5.41) is 3.02. The number of rotatable bonds is 7. The molecule has 0 aromatic heterocycles. The molecule has 0 unspecified atom stereocenters. The van der Waals surface area contributed by atoms with Crippen molar-refractivity contribution in [3.63, 3.8) is 0 Å². The molecule has 1 fully saturated rings. The third-order valence-corrected chi connectivity index (χ3v) is 5.71. The smallest absolute Gasteiger partial charge is 0.258 e. The second-order valence-electron chi connectivity index (χ2n) is 8.59. The Balaban J connectivity index is 1.48. The van der Waals surface area contributed by atoms with Gasteiger partial charge in [-0.25, -0.2) is 0 Å². The number of ether oxygens (including phenoxy) is 1. The topological polar surface area (TPSA) is 41.6 Å². The van der Waals surface area contributed by atoms with Gasteiger partial charge in [0.2, 0.25) is 0 Å². The van der Waals surface area contributed by atoms with Gasteiger partial charge in [0.25, 0.3) is 5.91 Å². The number of anilines is 1. The summed E-state index contributed by atoms with van der Waals surface area (Å²) >= 11 is 0. The predicted molar refractivity (Wildman–Crippen MR) is 120 cm³/mol. The van der Waals surface area contributed by atoms with Crippen molar-refractivity contribution in [1.29, 1.82) is 0 Å². The molecule has 0 spiro atoms. The second kappa shape index (κ2) is 9.82. The van der Waals surface area contributed by atoms with E-state index in [0.29, 0.717) is 5.92 Å². The fraction of sp³-hybridized carbons (Fsp3) is 0.480. The first-order valence-corrected chi connectivity index (χ1v) is 10.8. The van der Waals surface area contributed by atoms with Crippen molar-refractivity contribution in [3.05, 3.63) is 59.7 Å². The normalized spacial score (nSPS) is 17.8. The molecule has 2 aromatic carbocycles. The number of nitrogens with zero attached hydrogens (tertiary/aromatic N) is 1. The van der Waals surface area contributed by atoms with Crippen LogP contribution in [0.3, 0.4) is 0 Å². The van der Waals surface area contributed by atoms with Crippen molar-refractivity contribution in [2.24, 2.45) is 5.92 Å². The van der Waals surface area contributed by atoms with Crippen LogP contribution in [0.15, 0.2) is 48.5 Å². The van der Waals surface area contributed by atoms with Crippen LogP contribution in [-0.2, 0) is 4.79 Å². The summed E-state index contributed by atoms with van der Waals surface area (Å²) in [6.07, 6.45) is 2.58. The Bertz CT molecular complexity index is 783. The number of carbonyl (C=O) groups is 1. The van der Waals surface area contributed by atoms with Crippen molar-refractivity contribution < 1.29 is 9.53 Å². The molecule has 1 aliphatic heterocycles. The van der Waals surface area contributed by atoms with Crippen LogP contribution in [0, 0.1) is 5.92 Å². The molecular formula is C25H34N2O2. The van der Waals surface area contributed by atoms with Crippen molar-refractivity contribution in [2.75, 3.05) is 24.6 Å². The van der Waals surface area contributed by atoms with E-state index in [1.165, 1.54) is 24.1 Å². The molecule has 4 heteroatoms. The number of carbonyl (C=O) groups excluding carboxylic acids is 1. The molecule has 1 amide bonds. The molecule has 2 aromatic rings. The van der Waals surface area contributed by atoms with Crippen LogP contribution in [-0.4, -0.2) is 25.6 Å². The number of hydrogen-bond donors (Lipinski definition) is 1. The van der Waals surface area contributed by atoms with Crippen molar-refractivity contribution >= 4 is 11.6 Å². The van der Waals surface area contributed by atoms with Crippen LogP contribution >= 0.6 is 0 Å². The maximum atomic E-state index is 12.3. The molecule has 0 saturated carbocycles. The molecule has 1 N–H and O–H groups in total. The van der Waals surface area contributed by atoms with Gasteiger partial charge in [0.1, 0.15) is 5.75 Å². The molecule has 2 atom stereocenters. The lowest BCUT2D eigenvalue weighted by molar-refractivity contribution is -0.123. The predicted octanol–water partition coefficient (Wildman–Crippen LogP) is 5.30. The van der Waals surface area contributed by atoms with Crippen LogP contribution in [0.5, 0.6) is 5.75 Å². The average molecular weight is 395 g/mol. The van der Waals surface area contributed by atoms with Gasteiger partial charge in [0.15, 0.2) is 6.61 Å². The molecule has 4 nitrogen and oxygen atoms in total. The van der Waals surface area contributed by atoms with Crippen molar-refractivity contribution in [1.82, 2.24) is 5.32 Å². The van der Waals surface area contributed by atoms with Gasteiger partial charge < -0.3 is 15.0 Å². The molecule has 3 rings (SSSR count). The number of piperidine rings is 1. The molecule has 1 heterocycles. The lowest BCUT2D eigenvalue weighted by Crippen LogP contribution is -2.34. The van der Waals surface area contributed by atoms with E-state index in [4.69, 9.17) is 4.74 Å². The van der Waals surface area contributed by atoms with E-state index in [0.717, 1.165) is 30.3 Å². The first kappa shape index (κ1) is 21.2. The van der Waals surface area contributed by atoms with Gasteiger partial charge in [-0.3, -0.25) is 4.79 Å². The van der Waals surface area contributed by atoms with Crippen molar-refractivity contribution in [3.8, 4) is 5.75 Å². The van der Waals surface area contributed by atoms with Crippen LogP contribution in [0.4, 0.5) is 5.69 Å². The van der Waals surface area contributed by atoms with Crippen LogP contribution < -0.4 is 15.0 Å². The SMILES string of the molecule is CC(C)c1ccc(OCC(=O)N[C@@H](C)c2ccc(N3CCC[C@@H](C)C3)cc2)cc1. The molecule has 1 saturated heterocycles. The Morgan fingerprint density at radius 2 is 1.72 bits per heavy atom. The summed E-state index contributed by atoms with van der Waals surface area (Å²) in [4.78, 5) is 14.7. The molecule has 156 valence electrons. The first-order chi connectivity index (χ1) is 13.9. The van der Waals surface area contributed by atoms with Crippen molar-refractivity contribution in [2.45, 2.75) is 52.5 Å². The van der Waals surface area contributed by atoms with E-state index in [-0.39, 0.29) is 18.6 Å². The summed E-state index contributed by atoms with van der Waals surface area (Å²) in [6, 6.07) is 16.5. The maximum Gasteiger partial charge on any atom is 0.258 e. The van der Waals surface area contributed by atoms with Gasteiger partial charge in [-0.2, -0.15) is 0 Å². The van der Waals surface area contributed by atoms with E-state index >= 15 is 0 Å². The van der Waals surface area contributed by atoms with Crippen LogP contribution in [0.2, 0.25) is 0 Å². The van der Waals surface area contributed by atoms with Gasteiger partial charge in [-0.15, -0.1) is 0 Å². The first-order valence-electron chi connectivity index (χ1n) is 10.8. The summed E-state index contributed by atoms with van der Waals surface area (Å²) in [5.74, 6) is 1.85. The molecule has 1 aliphatic rings. The van der Waals surface area contributed by atoms with Crippen LogP contribution in [0.1, 0.15) is 63.6 Å². The zero-order valence-corrected chi connectivity index (χ0v) is 18.2. The second-order valence-corrected chi connectivity index (χ2v) is 8.59. The fourth-order valence-corrected chi connectivity index (χ4v) is 3.86. The number of hydrogen-bond acceptors (Lipinski definition) is 3. The summed E-state index contributed by atoms with van der Waals surface area (Å²) in [7, 11) is 0. The minimum Gasteiger partial charge on any atom is -0.484 e. The van der Waals surface area contributed by atoms with Gasteiger partial charge in [-0.05, 0) is 67.0 Å². The summed E-state index contributed by atoms with van der Waals surface area (Å²) in [5.41, 5.74) is 3.64. The van der Waals surface area contributed by atoms with E-state index in [9.17, 15) is 4.79 Å². The monoisotopic (exact) mass is 394 g/mol. The zero-order chi connectivity index (χ0) is 20.8. The highest BCUT2D eigenvalue weighted by Gasteiger charge is 2.17. The number of benzene rings is 2. The largest absolute Gasteiger partial charge is 0.484 e.